The van der Waals surface area contributed by atoms with Gasteiger partial charge in [0.2, 0.25) is 0 Å². The molecule has 0 heterocycles. The van der Waals surface area contributed by atoms with Crippen molar-refractivity contribution in [2.75, 3.05) is 6.54 Å². The predicted octanol–water partition coefficient (Wildman–Crippen LogP) is -1.76. The molecule has 5 heteroatoms. The van der Waals surface area contributed by atoms with E-state index < -0.39 is 8.25 Å². The van der Waals surface area contributed by atoms with E-state index in [1.807, 2.05) is 6.92 Å². The van der Waals surface area contributed by atoms with E-state index in [9.17, 15) is 0 Å². The number of rotatable bonds is 0. The van der Waals surface area contributed by atoms with Gasteiger partial charge in [-0.05, 0) is 11.5 Å². The van der Waals surface area contributed by atoms with Crippen LogP contribution in [0.5, 0.6) is 0 Å². The smallest absolute Gasteiger partial charge is 0.485 e. The van der Waals surface area contributed by atoms with Gasteiger partial charge in [0.25, 0.3) is 0 Å². The Morgan fingerprint density at radius 1 is 2.00 bits per heavy atom. The van der Waals surface area contributed by atoms with E-state index in [1.54, 1.807) is 0 Å². The van der Waals surface area contributed by atoms with Gasteiger partial charge in [-0.2, -0.15) is 4.89 Å². The van der Waals surface area contributed by atoms with E-state index in [1.165, 1.54) is 0 Å². The molecule has 0 aromatic carbocycles. The third kappa shape index (κ3) is 237000. The second kappa shape index (κ2) is 9.36. The first-order valence-corrected chi connectivity index (χ1v) is 2.90. The van der Waals surface area contributed by atoms with Crippen LogP contribution in [0.4, 0.5) is 0 Å². The highest BCUT2D eigenvalue weighted by Crippen LogP contribution is 1.89. The van der Waals surface area contributed by atoms with Crippen LogP contribution in [-0.4, -0.2) is 11.4 Å². The molecule has 0 spiro atoms. The van der Waals surface area contributed by atoms with Crippen molar-refractivity contribution >= 4 is 8.25 Å². The molecule has 0 fully saturated rings. The molecule has 4 N–H and O–H groups in total. The first kappa shape index (κ1) is 10.1. The largest absolute Gasteiger partial charge is 0.567 e. The molecule has 0 saturated carbocycles. The van der Waals surface area contributed by atoms with E-state index in [0.29, 0.717) is 0 Å². The lowest BCUT2D eigenvalue weighted by Crippen LogP contribution is -2.48. The van der Waals surface area contributed by atoms with Gasteiger partial charge in [0.15, 0.2) is 0 Å². The maximum atomic E-state index is 8.59. The van der Waals surface area contributed by atoms with Crippen LogP contribution in [0.3, 0.4) is 0 Å². The van der Waals surface area contributed by atoms with Crippen molar-refractivity contribution in [3.8, 4) is 0 Å². The van der Waals surface area contributed by atoms with E-state index in [-0.39, 0.29) is 0 Å². The summed E-state index contributed by atoms with van der Waals surface area (Å²) in [6.07, 6.45) is 0. The van der Waals surface area contributed by atoms with Crippen LogP contribution < -0.4 is 10.6 Å². The first-order valence-electron chi connectivity index (χ1n) is 1.77. The van der Waals surface area contributed by atoms with Crippen molar-refractivity contribution in [3.05, 3.63) is 0 Å². The molecule has 0 amide bonds. The molecule has 0 rings (SSSR count). The highest BCUT2D eigenvalue weighted by molar-refractivity contribution is 7.29. The maximum absolute atomic E-state index is 8.59. The van der Waals surface area contributed by atoms with Gasteiger partial charge in [0, 0.05) is 0 Å². The van der Waals surface area contributed by atoms with E-state index in [2.05, 4.69) is 5.73 Å². The second-order valence-corrected chi connectivity index (χ2v) is 1.21. The molecule has 0 saturated heterocycles. The highest BCUT2D eigenvalue weighted by atomic mass is 31.1. The lowest BCUT2D eigenvalue weighted by atomic mass is 10.8. The van der Waals surface area contributed by atoms with Crippen LogP contribution in [0.15, 0.2) is 0 Å². The van der Waals surface area contributed by atoms with Crippen LogP contribution in [0.1, 0.15) is 6.92 Å². The molecule has 0 bridgehead atoms. The Hall–Kier alpha value is -0.0200. The number of hydrogen-bond acceptors (Lipinski definition) is 2. The van der Waals surface area contributed by atoms with Crippen LogP contribution in [0.2, 0.25) is 0 Å². The van der Waals surface area contributed by atoms with Gasteiger partial charge in [0.05, 0.1) is 6.54 Å². The van der Waals surface area contributed by atoms with Gasteiger partial charge in [-0.15, -0.1) is 0 Å². The van der Waals surface area contributed by atoms with Crippen molar-refractivity contribution in [2.24, 2.45) is 0 Å². The molecule has 1 unspecified atom stereocenters. The van der Waals surface area contributed by atoms with Crippen molar-refractivity contribution < 1.29 is 20.1 Å². The Kier molecular flexibility index (Phi) is 13.5. The summed E-state index contributed by atoms with van der Waals surface area (Å²) in [6.45, 7) is 3.01. The lowest BCUT2D eigenvalue weighted by molar-refractivity contribution is -0.361. The van der Waals surface area contributed by atoms with Crippen molar-refractivity contribution in [1.82, 2.24) is 0 Å². The summed E-state index contributed by atoms with van der Waals surface area (Å²) >= 11 is 0. The van der Waals surface area contributed by atoms with Crippen molar-refractivity contribution in [1.29, 1.82) is 0 Å². The Labute approximate surface area is 42.9 Å². The summed E-state index contributed by atoms with van der Waals surface area (Å²) in [4.78, 5) is 15.6. The fourth-order valence-corrected chi connectivity index (χ4v) is 0. The minimum Gasteiger partial charge on any atom is -0.567 e. The molecular weight excluding hydrogens is 117 g/mol. The topological polar surface area (TPSA) is 88.0 Å². The molecular formula is C2H9NO3P+. The zero-order valence-corrected chi connectivity index (χ0v) is 5.02. The third-order valence-corrected chi connectivity index (χ3v) is 0. The summed E-state index contributed by atoms with van der Waals surface area (Å²) < 4.78 is 8.59. The molecule has 0 aliphatic rings. The second-order valence-electron chi connectivity index (χ2n) is 0.738. The molecule has 0 aromatic heterocycles. The molecule has 0 aliphatic heterocycles. The highest BCUT2D eigenvalue weighted by Gasteiger charge is 1.73. The van der Waals surface area contributed by atoms with E-state index >= 15 is 0 Å². The zero-order chi connectivity index (χ0) is 6.28. The first-order chi connectivity index (χ1) is 3.15. The Morgan fingerprint density at radius 3 is 2.00 bits per heavy atom. The fraction of sp³-hybridized carbons (Fsp3) is 1.00. The quantitative estimate of drug-likeness (QED) is 0.377. The standard InChI is InChI=1S/C2H7N.HO3P/c1-2-3;1-4(2)3/h2-3H2,1H3;(H,1,2,3)/p+1. The maximum Gasteiger partial charge on any atom is 0.485 e. The van der Waals surface area contributed by atoms with E-state index in [4.69, 9.17) is 14.4 Å². The summed E-state index contributed by atoms with van der Waals surface area (Å²) in [7, 11) is -3.12. The summed E-state index contributed by atoms with van der Waals surface area (Å²) in [5.74, 6) is 0. The Bertz CT molecular complexity index is 44.2. The van der Waals surface area contributed by atoms with Crippen LogP contribution in [-0.2, 0) is 4.57 Å². The Morgan fingerprint density at radius 2 is 2.00 bits per heavy atom. The number of quaternary nitrogens is 1. The van der Waals surface area contributed by atoms with Crippen molar-refractivity contribution in [3.63, 3.8) is 0 Å². The van der Waals surface area contributed by atoms with Crippen LogP contribution in [0.25, 0.3) is 0 Å². The molecule has 44 valence electrons. The van der Waals surface area contributed by atoms with Crippen LogP contribution >= 0.6 is 8.25 Å². The van der Waals surface area contributed by atoms with E-state index in [0.717, 1.165) is 6.54 Å². The average molecular weight is 126 g/mol. The van der Waals surface area contributed by atoms with Crippen molar-refractivity contribution in [2.45, 2.75) is 6.92 Å². The number of hydrogen-bond donors (Lipinski definition) is 2. The lowest BCUT2D eigenvalue weighted by Gasteiger charge is -1.56. The van der Waals surface area contributed by atoms with Gasteiger partial charge >= 0.3 is 8.25 Å². The fourth-order valence-electron chi connectivity index (χ4n) is 0. The molecule has 0 radical (unpaired) electrons. The van der Waals surface area contributed by atoms with Gasteiger partial charge in [-0.1, -0.05) is 0 Å². The summed E-state index contributed by atoms with van der Waals surface area (Å²) in [6, 6.07) is 0. The monoisotopic (exact) mass is 126 g/mol. The molecule has 1 atom stereocenters. The molecule has 0 aliphatic carbocycles. The minimum absolute atomic E-state index is 1.00. The zero-order valence-electron chi connectivity index (χ0n) is 4.13. The van der Waals surface area contributed by atoms with Gasteiger partial charge in [0.1, 0.15) is 0 Å². The summed E-state index contributed by atoms with van der Waals surface area (Å²) in [5.41, 5.74) is 3.49. The summed E-state index contributed by atoms with van der Waals surface area (Å²) in [5, 5.41) is 0. The molecule has 7 heavy (non-hydrogen) atoms. The third-order valence-electron chi connectivity index (χ3n) is 0. The van der Waals surface area contributed by atoms with Gasteiger partial charge in [-0.25, -0.2) is 0 Å². The Balaban J connectivity index is 0. The van der Waals surface area contributed by atoms with Gasteiger partial charge < -0.3 is 10.6 Å². The van der Waals surface area contributed by atoms with Crippen LogP contribution in [0, 0.1) is 0 Å². The predicted molar refractivity (Wildman–Crippen MR) is 23.3 cm³/mol. The molecule has 4 nitrogen and oxygen atoms in total. The SMILES string of the molecule is CC[NH3+].O=[P+]([O-])O. The average Bonchev–Trinajstić information content (AvgIpc) is 1.33. The normalized spacial score (nSPS) is 8.86. The minimum atomic E-state index is -3.12. The molecule has 0 aromatic rings. The van der Waals surface area contributed by atoms with Gasteiger partial charge in [-0.3, -0.25) is 0 Å².